The van der Waals surface area contributed by atoms with Gasteiger partial charge in [-0.2, -0.15) is 0 Å². The molecule has 0 spiro atoms. The Morgan fingerprint density at radius 2 is 1.55 bits per heavy atom. The second-order valence-electron chi connectivity index (χ2n) is 6.43. The summed E-state index contributed by atoms with van der Waals surface area (Å²) in [5.74, 6) is 0.554. The maximum absolute atomic E-state index is 11.5. The van der Waals surface area contributed by atoms with Crippen LogP contribution in [0.2, 0.25) is 0 Å². The Balaban J connectivity index is 4.37. The van der Waals surface area contributed by atoms with Crippen LogP contribution in [-0.4, -0.2) is 11.1 Å². The zero-order valence-electron chi connectivity index (χ0n) is 14.2. The fourth-order valence-corrected chi connectivity index (χ4v) is 3.22. The number of aliphatic carboxylic acids is 1. The molecule has 0 radical (unpaired) electrons. The summed E-state index contributed by atoms with van der Waals surface area (Å²) in [6.45, 7) is 8.93. The monoisotopic (exact) mass is 284 g/mol. The van der Waals surface area contributed by atoms with Crippen LogP contribution in [0.3, 0.4) is 0 Å². The predicted octanol–water partition coefficient (Wildman–Crippen LogP) is 5.90. The lowest BCUT2D eigenvalue weighted by molar-refractivity contribution is -0.142. The van der Waals surface area contributed by atoms with Crippen molar-refractivity contribution in [3.63, 3.8) is 0 Å². The van der Waals surface area contributed by atoms with Gasteiger partial charge in [-0.3, -0.25) is 4.79 Å². The minimum absolute atomic E-state index is 0.122. The predicted molar refractivity (Wildman–Crippen MR) is 87.0 cm³/mol. The van der Waals surface area contributed by atoms with Gasteiger partial charge in [0.1, 0.15) is 0 Å². The SMILES string of the molecule is CCCCCCC(CC(CCC)C(C)CCC)C(=O)O. The third kappa shape index (κ3) is 8.60. The highest BCUT2D eigenvalue weighted by Gasteiger charge is 2.24. The fourth-order valence-electron chi connectivity index (χ4n) is 3.22. The number of carboxylic acids is 1. The summed E-state index contributed by atoms with van der Waals surface area (Å²) in [4.78, 5) is 11.5. The topological polar surface area (TPSA) is 37.3 Å². The van der Waals surface area contributed by atoms with E-state index in [0.29, 0.717) is 11.8 Å². The molecular weight excluding hydrogens is 248 g/mol. The normalized spacial score (nSPS) is 15.8. The quantitative estimate of drug-likeness (QED) is 0.427. The molecule has 0 aromatic rings. The van der Waals surface area contributed by atoms with Gasteiger partial charge in [0.05, 0.1) is 5.92 Å². The molecule has 1 N–H and O–H groups in total. The first-order valence-corrected chi connectivity index (χ1v) is 8.79. The number of carboxylic acid groups (broad SMARTS) is 1. The highest BCUT2D eigenvalue weighted by atomic mass is 16.4. The van der Waals surface area contributed by atoms with Crippen LogP contribution >= 0.6 is 0 Å². The third-order valence-corrected chi connectivity index (χ3v) is 4.55. The van der Waals surface area contributed by atoms with Crippen LogP contribution in [0, 0.1) is 17.8 Å². The molecule has 0 aromatic heterocycles. The molecule has 0 aliphatic heterocycles. The largest absolute Gasteiger partial charge is 0.481 e. The van der Waals surface area contributed by atoms with E-state index in [1.165, 1.54) is 44.9 Å². The van der Waals surface area contributed by atoms with Crippen molar-refractivity contribution in [1.29, 1.82) is 0 Å². The van der Waals surface area contributed by atoms with Crippen LogP contribution in [0.4, 0.5) is 0 Å². The molecule has 20 heavy (non-hydrogen) atoms. The first-order chi connectivity index (χ1) is 9.56. The molecule has 0 fully saturated rings. The number of unbranched alkanes of at least 4 members (excludes halogenated alkanes) is 3. The number of rotatable bonds is 13. The van der Waals surface area contributed by atoms with Gasteiger partial charge < -0.3 is 5.11 Å². The van der Waals surface area contributed by atoms with E-state index in [0.717, 1.165) is 19.3 Å². The summed E-state index contributed by atoms with van der Waals surface area (Å²) >= 11 is 0. The Morgan fingerprint density at radius 1 is 0.900 bits per heavy atom. The van der Waals surface area contributed by atoms with E-state index in [2.05, 4.69) is 27.7 Å². The molecule has 0 saturated carbocycles. The molecule has 0 bridgehead atoms. The number of hydrogen-bond acceptors (Lipinski definition) is 1. The van der Waals surface area contributed by atoms with Gasteiger partial charge in [-0.1, -0.05) is 79.1 Å². The number of hydrogen-bond donors (Lipinski definition) is 1. The van der Waals surface area contributed by atoms with Crippen molar-refractivity contribution in [3.8, 4) is 0 Å². The fraction of sp³-hybridized carbons (Fsp3) is 0.944. The first kappa shape index (κ1) is 19.5. The second kappa shape index (κ2) is 12.2. The van der Waals surface area contributed by atoms with Crippen molar-refractivity contribution in [1.82, 2.24) is 0 Å². The van der Waals surface area contributed by atoms with Crippen LogP contribution in [0.25, 0.3) is 0 Å². The van der Waals surface area contributed by atoms with Crippen LogP contribution in [0.5, 0.6) is 0 Å². The first-order valence-electron chi connectivity index (χ1n) is 8.79. The molecule has 2 heteroatoms. The van der Waals surface area contributed by atoms with Crippen molar-refractivity contribution >= 4 is 5.97 Å². The molecule has 120 valence electrons. The lowest BCUT2D eigenvalue weighted by Gasteiger charge is -2.26. The molecule has 3 unspecified atom stereocenters. The van der Waals surface area contributed by atoms with Gasteiger partial charge in [-0.05, 0) is 24.7 Å². The van der Waals surface area contributed by atoms with Gasteiger partial charge in [-0.25, -0.2) is 0 Å². The van der Waals surface area contributed by atoms with E-state index >= 15 is 0 Å². The molecule has 2 nitrogen and oxygen atoms in total. The standard InChI is InChI=1S/C18H36O2/c1-5-8-9-10-13-17(18(19)20)14-16(12-7-3)15(4)11-6-2/h15-17H,5-14H2,1-4H3,(H,19,20). The highest BCUT2D eigenvalue weighted by molar-refractivity contribution is 5.69. The maximum atomic E-state index is 11.5. The average molecular weight is 284 g/mol. The van der Waals surface area contributed by atoms with E-state index in [1.807, 2.05) is 0 Å². The number of carbonyl (C=O) groups is 1. The van der Waals surface area contributed by atoms with Gasteiger partial charge >= 0.3 is 5.97 Å². The molecule has 0 aromatic carbocycles. The Bertz CT molecular complexity index is 238. The Morgan fingerprint density at radius 3 is 2.05 bits per heavy atom. The minimum Gasteiger partial charge on any atom is -0.481 e. The highest BCUT2D eigenvalue weighted by Crippen LogP contribution is 2.30. The molecular formula is C18H36O2. The van der Waals surface area contributed by atoms with Crippen LogP contribution in [-0.2, 0) is 4.79 Å². The van der Waals surface area contributed by atoms with E-state index in [-0.39, 0.29) is 5.92 Å². The van der Waals surface area contributed by atoms with Crippen molar-refractivity contribution < 1.29 is 9.90 Å². The van der Waals surface area contributed by atoms with Gasteiger partial charge in [0, 0.05) is 0 Å². The van der Waals surface area contributed by atoms with Gasteiger partial charge in [0.25, 0.3) is 0 Å². The Labute approximate surface area is 126 Å². The van der Waals surface area contributed by atoms with Crippen molar-refractivity contribution in [2.75, 3.05) is 0 Å². The molecule has 0 heterocycles. The zero-order valence-corrected chi connectivity index (χ0v) is 14.2. The van der Waals surface area contributed by atoms with Crippen LogP contribution < -0.4 is 0 Å². The maximum Gasteiger partial charge on any atom is 0.306 e. The lowest BCUT2D eigenvalue weighted by atomic mass is 9.79. The van der Waals surface area contributed by atoms with Crippen molar-refractivity contribution in [2.45, 2.75) is 91.9 Å². The summed E-state index contributed by atoms with van der Waals surface area (Å²) in [5.41, 5.74) is 0. The summed E-state index contributed by atoms with van der Waals surface area (Å²) in [5, 5.41) is 9.46. The summed E-state index contributed by atoms with van der Waals surface area (Å²) in [7, 11) is 0. The molecule has 0 rings (SSSR count). The van der Waals surface area contributed by atoms with Crippen molar-refractivity contribution in [3.05, 3.63) is 0 Å². The summed E-state index contributed by atoms with van der Waals surface area (Å²) < 4.78 is 0. The van der Waals surface area contributed by atoms with E-state index in [4.69, 9.17) is 0 Å². The van der Waals surface area contributed by atoms with Gasteiger partial charge in [0.2, 0.25) is 0 Å². The van der Waals surface area contributed by atoms with Crippen LogP contribution in [0.15, 0.2) is 0 Å². The molecule has 0 aliphatic carbocycles. The van der Waals surface area contributed by atoms with Gasteiger partial charge in [0.15, 0.2) is 0 Å². The van der Waals surface area contributed by atoms with Crippen molar-refractivity contribution in [2.24, 2.45) is 17.8 Å². The van der Waals surface area contributed by atoms with Gasteiger partial charge in [-0.15, -0.1) is 0 Å². The zero-order chi connectivity index (χ0) is 15.4. The van der Waals surface area contributed by atoms with E-state index in [9.17, 15) is 9.90 Å². The smallest absolute Gasteiger partial charge is 0.306 e. The summed E-state index contributed by atoms with van der Waals surface area (Å²) in [6, 6.07) is 0. The van der Waals surface area contributed by atoms with E-state index in [1.54, 1.807) is 0 Å². The minimum atomic E-state index is -0.577. The molecule has 3 atom stereocenters. The van der Waals surface area contributed by atoms with Crippen LogP contribution in [0.1, 0.15) is 91.9 Å². The van der Waals surface area contributed by atoms with E-state index < -0.39 is 5.97 Å². The molecule has 0 aliphatic rings. The molecule has 0 saturated heterocycles. The molecule has 0 amide bonds. The average Bonchev–Trinajstić information content (AvgIpc) is 2.41. The Hall–Kier alpha value is -0.530. The summed E-state index contributed by atoms with van der Waals surface area (Å²) in [6.07, 6.45) is 11.2. The Kier molecular flexibility index (Phi) is 11.9. The third-order valence-electron chi connectivity index (χ3n) is 4.55. The lowest BCUT2D eigenvalue weighted by Crippen LogP contribution is -2.22. The second-order valence-corrected chi connectivity index (χ2v) is 6.43.